The van der Waals surface area contributed by atoms with Crippen LogP contribution in [0.5, 0.6) is 0 Å². The molecular weight excluding hydrogens is 627 g/mol. The molecule has 252 valence electrons. The van der Waals surface area contributed by atoms with E-state index in [-0.39, 0.29) is 45.1 Å². The summed E-state index contributed by atoms with van der Waals surface area (Å²) in [6, 6.07) is 6.07. The molecule has 0 aliphatic heterocycles. The van der Waals surface area contributed by atoms with Gasteiger partial charge in [0.25, 0.3) is 0 Å². The summed E-state index contributed by atoms with van der Waals surface area (Å²) in [4.78, 5) is 41.9. The van der Waals surface area contributed by atoms with Gasteiger partial charge in [0.15, 0.2) is 0 Å². The van der Waals surface area contributed by atoms with Crippen molar-refractivity contribution in [1.82, 2.24) is 4.98 Å². The van der Waals surface area contributed by atoms with E-state index in [0.717, 1.165) is 63.5 Å². The number of rotatable bonds is 11. The minimum atomic E-state index is -0.578. The van der Waals surface area contributed by atoms with Gasteiger partial charge in [-0.25, -0.2) is 9.59 Å². The molecule has 11 heteroatoms. The molecule has 4 aliphatic rings. The summed E-state index contributed by atoms with van der Waals surface area (Å²) in [5.74, 6) is -0.696. The van der Waals surface area contributed by atoms with Gasteiger partial charge in [0, 0.05) is 29.5 Å². The maximum absolute atomic E-state index is 13.1. The Balaban J connectivity index is 1.06. The largest absolute Gasteiger partial charge is 0.461 e. The molecule has 9 nitrogen and oxygen atoms in total. The first-order chi connectivity index (χ1) is 21.4. The van der Waals surface area contributed by atoms with Gasteiger partial charge in [0.05, 0.1) is 28.0 Å². The molecule has 46 heavy (non-hydrogen) atoms. The van der Waals surface area contributed by atoms with Gasteiger partial charge in [-0.2, -0.15) is 0 Å². The number of esters is 2. The van der Waals surface area contributed by atoms with Crippen molar-refractivity contribution in [2.75, 3.05) is 17.2 Å². The Labute approximate surface area is 282 Å². The summed E-state index contributed by atoms with van der Waals surface area (Å²) in [5, 5.41) is 5.92. The number of hydrogen-bond acceptors (Lipinski definition) is 6. The van der Waals surface area contributed by atoms with E-state index in [1.54, 1.807) is 24.3 Å². The molecule has 1 aromatic carbocycles. The second-order valence-corrected chi connectivity index (χ2v) is 16.7. The van der Waals surface area contributed by atoms with Crippen LogP contribution in [-0.2, 0) is 19.7 Å². The number of anilines is 2. The molecule has 5 N–H and O–H groups in total. The van der Waals surface area contributed by atoms with Crippen molar-refractivity contribution in [3.05, 3.63) is 45.7 Å². The minimum Gasteiger partial charge on any atom is -0.461 e. The predicted octanol–water partition coefficient (Wildman–Crippen LogP) is 8.74. The number of aromatic amines is 1. The topological polar surface area (TPSA) is 136 Å². The number of urea groups is 1. The van der Waals surface area contributed by atoms with Gasteiger partial charge in [-0.05, 0) is 74.0 Å². The van der Waals surface area contributed by atoms with Crippen molar-refractivity contribution < 1.29 is 23.9 Å². The molecule has 2 aromatic rings. The van der Waals surface area contributed by atoms with E-state index in [9.17, 15) is 14.4 Å². The highest BCUT2D eigenvalue weighted by Gasteiger charge is 2.66. The first-order valence-electron chi connectivity index (χ1n) is 16.3. The van der Waals surface area contributed by atoms with Crippen LogP contribution in [-0.4, -0.2) is 40.7 Å². The number of nitrogens with one attached hydrogen (secondary N) is 3. The fourth-order valence-electron chi connectivity index (χ4n) is 9.03. The number of ether oxygens (including phenoxy) is 2. The standard InChI is InChI=1S/C35H48Cl2N4O5/c1-31(2,3)25-15-24(40-30(44)39-23-12-10-11-22(36)27(23)37)28(41-25)29(43)45-14-9-7-6-8-13-26(42)46-35-19-32(4)16-33(5,20-35)18-34(38,17-32)21-35/h10-12,15,41H,6-9,13-14,16-21,38H2,1-5H3,(H2,39,40,44)/t32-,33+,34?,35?. The summed E-state index contributed by atoms with van der Waals surface area (Å²) in [6.07, 6.45) is 9.20. The van der Waals surface area contributed by atoms with E-state index < -0.39 is 17.6 Å². The monoisotopic (exact) mass is 674 g/mol. The second-order valence-electron chi connectivity index (χ2n) is 15.9. The Bertz CT molecular complexity index is 1440. The zero-order valence-corrected chi connectivity index (χ0v) is 29.2. The molecule has 2 amide bonds. The molecule has 4 bridgehead atoms. The number of carbonyl (C=O) groups excluding carboxylic acids is 3. The SMILES string of the molecule is CC(C)(C)c1cc(NC(=O)Nc2cccc(Cl)c2Cl)c(C(=O)OCCCCCCC(=O)OC23CC4(N)C[C@@](C)(C2)C[C@](C)(C4)C3)[nH]1. The van der Waals surface area contributed by atoms with E-state index in [2.05, 4.69) is 29.5 Å². The van der Waals surface area contributed by atoms with E-state index in [1.165, 1.54) is 0 Å². The van der Waals surface area contributed by atoms with Crippen molar-refractivity contribution in [3.63, 3.8) is 0 Å². The van der Waals surface area contributed by atoms with Crippen LogP contribution in [0.15, 0.2) is 24.3 Å². The first kappa shape index (κ1) is 34.6. The van der Waals surface area contributed by atoms with Crippen LogP contribution in [0, 0.1) is 10.8 Å². The molecule has 2 unspecified atom stereocenters. The van der Waals surface area contributed by atoms with Crippen LogP contribution < -0.4 is 16.4 Å². The maximum Gasteiger partial charge on any atom is 0.356 e. The van der Waals surface area contributed by atoms with Gasteiger partial charge in [-0.1, -0.05) is 76.7 Å². The van der Waals surface area contributed by atoms with Gasteiger partial charge in [-0.15, -0.1) is 0 Å². The molecule has 4 atom stereocenters. The highest BCUT2D eigenvalue weighted by Crippen LogP contribution is 2.68. The quantitative estimate of drug-likeness (QED) is 0.139. The lowest BCUT2D eigenvalue weighted by Gasteiger charge is -2.67. The van der Waals surface area contributed by atoms with Crippen molar-refractivity contribution >= 4 is 52.5 Å². The van der Waals surface area contributed by atoms with Crippen LogP contribution in [0.3, 0.4) is 0 Å². The van der Waals surface area contributed by atoms with Gasteiger partial charge >= 0.3 is 18.0 Å². The molecule has 1 heterocycles. The zero-order valence-electron chi connectivity index (χ0n) is 27.7. The van der Waals surface area contributed by atoms with Crippen LogP contribution in [0.2, 0.25) is 10.0 Å². The van der Waals surface area contributed by atoms with Crippen molar-refractivity contribution in [2.45, 2.75) is 122 Å². The molecule has 4 fully saturated rings. The number of unbranched alkanes of at least 4 members (excludes halogenated alkanes) is 3. The lowest BCUT2D eigenvalue weighted by atomic mass is 9.41. The Hall–Kier alpha value is -2.75. The van der Waals surface area contributed by atoms with E-state index in [4.69, 9.17) is 38.4 Å². The third-order valence-corrected chi connectivity index (χ3v) is 10.5. The normalized spacial score (nSPS) is 28.2. The van der Waals surface area contributed by atoms with Gasteiger partial charge in [0.2, 0.25) is 0 Å². The third-order valence-electron chi connectivity index (χ3n) is 9.70. The summed E-state index contributed by atoms with van der Waals surface area (Å²) in [6.45, 7) is 10.8. The summed E-state index contributed by atoms with van der Waals surface area (Å²) >= 11 is 12.3. The molecule has 1 aromatic heterocycles. The molecule has 0 spiro atoms. The van der Waals surface area contributed by atoms with Gasteiger partial charge in [-0.3, -0.25) is 4.79 Å². The van der Waals surface area contributed by atoms with Crippen LogP contribution >= 0.6 is 23.2 Å². The number of benzene rings is 1. The molecule has 0 saturated heterocycles. The molecule has 6 rings (SSSR count). The van der Waals surface area contributed by atoms with E-state index in [0.29, 0.717) is 29.2 Å². The maximum atomic E-state index is 13.1. The Morgan fingerprint density at radius 2 is 1.57 bits per heavy atom. The van der Waals surface area contributed by atoms with E-state index >= 15 is 0 Å². The lowest BCUT2D eigenvalue weighted by molar-refractivity contribution is -0.220. The van der Waals surface area contributed by atoms with Gasteiger partial charge in [0.1, 0.15) is 11.3 Å². The van der Waals surface area contributed by atoms with Crippen molar-refractivity contribution in [2.24, 2.45) is 16.6 Å². The fraction of sp³-hybridized carbons (Fsp3) is 0.629. The summed E-state index contributed by atoms with van der Waals surface area (Å²) in [7, 11) is 0. The second kappa shape index (κ2) is 12.7. The average Bonchev–Trinajstić information content (AvgIpc) is 3.32. The predicted molar refractivity (Wildman–Crippen MR) is 182 cm³/mol. The highest BCUT2D eigenvalue weighted by atomic mass is 35.5. The zero-order chi connectivity index (χ0) is 33.5. The smallest absolute Gasteiger partial charge is 0.356 e. The molecule has 4 saturated carbocycles. The first-order valence-corrected chi connectivity index (χ1v) is 17.1. The van der Waals surface area contributed by atoms with Crippen LogP contribution in [0.25, 0.3) is 0 Å². The van der Waals surface area contributed by atoms with Crippen LogP contribution in [0.4, 0.5) is 16.2 Å². The summed E-state index contributed by atoms with van der Waals surface area (Å²) < 4.78 is 11.8. The Morgan fingerprint density at radius 1 is 0.913 bits per heavy atom. The number of amides is 2. The Morgan fingerprint density at radius 3 is 2.22 bits per heavy atom. The highest BCUT2D eigenvalue weighted by molar-refractivity contribution is 6.44. The number of hydrogen-bond donors (Lipinski definition) is 4. The molecule has 4 aliphatic carbocycles. The molecule has 0 radical (unpaired) electrons. The number of nitrogens with two attached hydrogens (primary N) is 1. The Kier molecular flexibility index (Phi) is 9.54. The number of aromatic nitrogens is 1. The van der Waals surface area contributed by atoms with Crippen LogP contribution in [0.1, 0.15) is 121 Å². The molecular formula is C35H48Cl2N4O5. The lowest BCUT2D eigenvalue weighted by Crippen LogP contribution is -2.69. The minimum absolute atomic E-state index is 0.132. The summed E-state index contributed by atoms with van der Waals surface area (Å²) in [5.41, 5.74) is 7.73. The number of halogens is 2. The van der Waals surface area contributed by atoms with Crippen molar-refractivity contribution in [1.29, 1.82) is 0 Å². The third kappa shape index (κ3) is 7.85. The van der Waals surface area contributed by atoms with Crippen molar-refractivity contribution in [3.8, 4) is 0 Å². The number of carbonyl (C=O) groups is 3. The van der Waals surface area contributed by atoms with E-state index in [1.807, 2.05) is 20.8 Å². The number of H-pyrrole nitrogens is 1. The van der Waals surface area contributed by atoms with Gasteiger partial charge < -0.3 is 30.8 Å². The fourth-order valence-corrected chi connectivity index (χ4v) is 9.38. The average molecular weight is 676 g/mol.